The van der Waals surface area contributed by atoms with Gasteiger partial charge in [0.15, 0.2) is 0 Å². The van der Waals surface area contributed by atoms with E-state index < -0.39 is 0 Å². The van der Waals surface area contributed by atoms with Gasteiger partial charge in [-0.25, -0.2) is 4.98 Å². The fraction of sp³-hybridized carbons (Fsp3) is 0.333. The molecule has 104 valence electrons. The molecule has 0 saturated heterocycles. The largest absolute Gasteiger partial charge is 0.336 e. The van der Waals surface area contributed by atoms with Crippen molar-refractivity contribution in [2.24, 2.45) is 0 Å². The zero-order valence-corrected chi connectivity index (χ0v) is 12.0. The third kappa shape index (κ3) is 1.91. The fourth-order valence-corrected chi connectivity index (χ4v) is 2.63. The number of nitrogens with one attached hydrogen (secondary N) is 1. The number of amides is 1. The summed E-state index contributed by atoms with van der Waals surface area (Å²) in [6, 6.07) is 5.97. The minimum Gasteiger partial charge on any atom is -0.336 e. The van der Waals surface area contributed by atoms with Gasteiger partial charge >= 0.3 is 0 Å². The summed E-state index contributed by atoms with van der Waals surface area (Å²) in [6.45, 7) is 3.27. The lowest BCUT2D eigenvalue weighted by Gasteiger charge is -2.14. The Morgan fingerprint density at radius 1 is 1.40 bits per heavy atom. The molecule has 1 aromatic heterocycles. The highest BCUT2D eigenvalue weighted by molar-refractivity contribution is 5.98. The number of benzene rings is 1. The van der Waals surface area contributed by atoms with Crippen LogP contribution in [0.2, 0.25) is 0 Å². The summed E-state index contributed by atoms with van der Waals surface area (Å²) >= 11 is 0. The smallest absolute Gasteiger partial charge is 0.256 e. The Morgan fingerprint density at radius 2 is 2.20 bits per heavy atom. The molecule has 1 aliphatic rings. The Labute approximate surface area is 118 Å². The maximum Gasteiger partial charge on any atom is 0.256 e. The van der Waals surface area contributed by atoms with Crippen LogP contribution in [0.4, 0.5) is 0 Å². The summed E-state index contributed by atoms with van der Waals surface area (Å²) in [7, 11) is 3.73. The number of aryl methyl sites for hydroxylation is 1. The monoisotopic (exact) mass is 270 g/mol. The molecule has 1 amide bonds. The van der Waals surface area contributed by atoms with Gasteiger partial charge in [0.05, 0.1) is 35.5 Å². The van der Waals surface area contributed by atoms with Crippen LogP contribution < -0.4 is 5.32 Å². The van der Waals surface area contributed by atoms with Gasteiger partial charge in [-0.3, -0.25) is 4.79 Å². The second-order valence-corrected chi connectivity index (χ2v) is 5.22. The molecule has 1 aromatic carbocycles. The molecule has 2 aromatic rings. The molecular formula is C15H18N4O. The lowest BCUT2D eigenvalue weighted by atomic mass is 10.1. The number of imidazole rings is 1. The molecular weight excluding hydrogens is 252 g/mol. The van der Waals surface area contributed by atoms with Gasteiger partial charge in [-0.05, 0) is 26.1 Å². The van der Waals surface area contributed by atoms with Gasteiger partial charge in [0.25, 0.3) is 5.91 Å². The first kappa shape index (κ1) is 12.9. The Morgan fingerprint density at radius 3 is 2.95 bits per heavy atom. The third-order valence-electron chi connectivity index (χ3n) is 3.67. The fourth-order valence-electron chi connectivity index (χ4n) is 2.63. The summed E-state index contributed by atoms with van der Waals surface area (Å²) in [5.74, 6) is 0.0582. The van der Waals surface area contributed by atoms with Gasteiger partial charge < -0.3 is 14.8 Å². The van der Waals surface area contributed by atoms with Crippen molar-refractivity contribution < 1.29 is 4.79 Å². The van der Waals surface area contributed by atoms with Crippen molar-refractivity contribution in [3.8, 4) is 5.69 Å². The van der Waals surface area contributed by atoms with Gasteiger partial charge in [0.1, 0.15) is 0 Å². The van der Waals surface area contributed by atoms with E-state index in [4.69, 9.17) is 0 Å². The lowest BCUT2D eigenvalue weighted by molar-refractivity contribution is 0.0787. The number of carbonyl (C=O) groups excluding carboxylic acids is 1. The summed E-state index contributed by atoms with van der Waals surface area (Å²) in [5, 5.41) is 3.12. The van der Waals surface area contributed by atoms with Crippen molar-refractivity contribution in [1.82, 2.24) is 19.8 Å². The molecule has 1 aliphatic heterocycles. The molecule has 0 saturated carbocycles. The minimum absolute atomic E-state index is 0.0582. The van der Waals surface area contributed by atoms with Crippen LogP contribution >= 0.6 is 0 Å². The first-order valence-corrected chi connectivity index (χ1v) is 6.68. The molecule has 0 aliphatic carbocycles. The molecule has 0 radical (unpaired) electrons. The SMILES string of the molecule is CNCc1ncn2c1CN(C)C(=O)c1cc(C)ccc1-2. The van der Waals surface area contributed by atoms with Gasteiger partial charge in [-0.1, -0.05) is 11.6 Å². The second kappa shape index (κ2) is 4.76. The van der Waals surface area contributed by atoms with E-state index >= 15 is 0 Å². The average molecular weight is 270 g/mol. The molecule has 0 fully saturated rings. The molecule has 5 heteroatoms. The highest BCUT2D eigenvalue weighted by Crippen LogP contribution is 2.26. The number of nitrogens with zero attached hydrogens (tertiary/aromatic N) is 3. The maximum atomic E-state index is 12.5. The molecule has 2 heterocycles. The van der Waals surface area contributed by atoms with Crippen LogP contribution in [0.1, 0.15) is 27.3 Å². The first-order chi connectivity index (χ1) is 9.61. The molecule has 0 unspecified atom stereocenters. The summed E-state index contributed by atoms with van der Waals surface area (Å²) in [4.78, 5) is 18.7. The number of aromatic nitrogens is 2. The summed E-state index contributed by atoms with van der Waals surface area (Å²) in [5.41, 5.74) is 4.79. The van der Waals surface area contributed by atoms with Crippen LogP contribution in [0.15, 0.2) is 24.5 Å². The number of carbonyl (C=O) groups is 1. The van der Waals surface area contributed by atoms with Crippen molar-refractivity contribution in [2.45, 2.75) is 20.0 Å². The number of hydrogen-bond donors (Lipinski definition) is 1. The molecule has 20 heavy (non-hydrogen) atoms. The molecule has 5 nitrogen and oxygen atoms in total. The van der Waals surface area contributed by atoms with Crippen LogP contribution in [-0.4, -0.2) is 34.5 Å². The lowest BCUT2D eigenvalue weighted by Crippen LogP contribution is -2.25. The predicted octanol–water partition coefficient (Wildman–Crippen LogP) is 1.49. The Balaban J connectivity index is 2.23. The van der Waals surface area contributed by atoms with Crippen LogP contribution in [0.25, 0.3) is 5.69 Å². The van der Waals surface area contributed by atoms with E-state index in [1.807, 2.05) is 50.1 Å². The van der Waals surface area contributed by atoms with Crippen molar-refractivity contribution in [1.29, 1.82) is 0 Å². The van der Waals surface area contributed by atoms with Gasteiger partial charge in [-0.2, -0.15) is 0 Å². The standard InChI is InChI=1S/C15H18N4O/c1-10-4-5-13-11(6-10)15(20)18(3)8-14-12(7-16-2)17-9-19(13)14/h4-6,9,16H,7-8H2,1-3H3. The van der Waals surface area contributed by atoms with Gasteiger partial charge in [0.2, 0.25) is 0 Å². The normalized spacial score (nSPS) is 13.9. The van der Waals surface area contributed by atoms with Crippen LogP contribution in [-0.2, 0) is 13.1 Å². The summed E-state index contributed by atoms with van der Waals surface area (Å²) < 4.78 is 2.03. The Kier molecular flexibility index (Phi) is 3.06. The highest BCUT2D eigenvalue weighted by atomic mass is 16.2. The Hall–Kier alpha value is -2.14. The molecule has 1 N–H and O–H groups in total. The average Bonchev–Trinajstić information content (AvgIpc) is 2.77. The summed E-state index contributed by atoms with van der Waals surface area (Å²) in [6.07, 6.45) is 1.81. The number of fused-ring (bicyclic) bond motifs is 3. The molecule has 0 spiro atoms. The van der Waals surface area contributed by atoms with Gasteiger partial charge in [-0.15, -0.1) is 0 Å². The van der Waals surface area contributed by atoms with E-state index in [1.54, 1.807) is 4.90 Å². The third-order valence-corrected chi connectivity index (χ3v) is 3.67. The number of hydrogen-bond acceptors (Lipinski definition) is 3. The quantitative estimate of drug-likeness (QED) is 0.899. The Bertz CT molecular complexity index is 675. The number of rotatable bonds is 2. The van der Waals surface area contributed by atoms with Crippen molar-refractivity contribution in [3.63, 3.8) is 0 Å². The predicted molar refractivity (Wildman–Crippen MR) is 76.9 cm³/mol. The zero-order valence-electron chi connectivity index (χ0n) is 12.0. The van der Waals surface area contributed by atoms with E-state index in [0.717, 1.165) is 28.2 Å². The van der Waals surface area contributed by atoms with Crippen molar-refractivity contribution in [3.05, 3.63) is 47.0 Å². The topological polar surface area (TPSA) is 50.2 Å². The maximum absolute atomic E-state index is 12.5. The molecule has 0 bridgehead atoms. The second-order valence-electron chi connectivity index (χ2n) is 5.22. The first-order valence-electron chi connectivity index (χ1n) is 6.68. The van der Waals surface area contributed by atoms with Crippen LogP contribution in [0.3, 0.4) is 0 Å². The van der Waals surface area contributed by atoms with Crippen molar-refractivity contribution >= 4 is 5.91 Å². The van der Waals surface area contributed by atoms with E-state index in [0.29, 0.717) is 13.1 Å². The highest BCUT2D eigenvalue weighted by Gasteiger charge is 2.25. The zero-order chi connectivity index (χ0) is 14.3. The van der Waals surface area contributed by atoms with Crippen LogP contribution in [0, 0.1) is 6.92 Å². The minimum atomic E-state index is 0.0582. The molecule has 0 atom stereocenters. The molecule has 3 rings (SSSR count). The van der Waals surface area contributed by atoms with Crippen molar-refractivity contribution in [2.75, 3.05) is 14.1 Å². The van der Waals surface area contributed by atoms with E-state index in [1.165, 1.54) is 0 Å². The van der Waals surface area contributed by atoms with Gasteiger partial charge in [0, 0.05) is 13.6 Å². The van der Waals surface area contributed by atoms with E-state index in [2.05, 4.69) is 10.3 Å². The van der Waals surface area contributed by atoms with E-state index in [9.17, 15) is 4.79 Å². The van der Waals surface area contributed by atoms with Crippen LogP contribution in [0.5, 0.6) is 0 Å². The van der Waals surface area contributed by atoms with E-state index in [-0.39, 0.29) is 5.91 Å².